The van der Waals surface area contributed by atoms with Gasteiger partial charge in [0.1, 0.15) is 6.04 Å². The molecule has 7 nitrogen and oxygen atoms in total. The fourth-order valence-electron chi connectivity index (χ4n) is 3.81. The first-order chi connectivity index (χ1) is 11.4. The second-order valence-electron chi connectivity index (χ2n) is 6.98. The van der Waals surface area contributed by atoms with Crippen molar-refractivity contribution in [2.45, 2.75) is 69.7 Å². The highest BCUT2D eigenvalue weighted by molar-refractivity contribution is 7.90. The van der Waals surface area contributed by atoms with Crippen LogP contribution in [0.4, 0.5) is 4.79 Å². The molecular weight excluding hydrogens is 330 g/mol. The third kappa shape index (κ3) is 2.94. The van der Waals surface area contributed by atoms with Gasteiger partial charge in [0.25, 0.3) is 5.91 Å². The van der Waals surface area contributed by atoms with E-state index in [1.54, 1.807) is 9.21 Å². The minimum atomic E-state index is -3.16. The molecule has 0 aromatic rings. The zero-order chi connectivity index (χ0) is 17.5. The third-order valence-corrected chi connectivity index (χ3v) is 7.69. The van der Waals surface area contributed by atoms with E-state index in [-0.39, 0.29) is 29.3 Å². The Kier molecular flexibility index (Phi) is 4.88. The summed E-state index contributed by atoms with van der Waals surface area (Å²) in [5.74, 6) is -0.112. The molecule has 136 valence electrons. The quantitative estimate of drug-likeness (QED) is 0.673. The molecule has 0 spiro atoms. The van der Waals surface area contributed by atoms with Gasteiger partial charge in [0, 0.05) is 25.7 Å². The Bertz CT molecular complexity index is 609. The van der Waals surface area contributed by atoms with E-state index in [0.717, 1.165) is 19.3 Å². The first kappa shape index (κ1) is 17.7. The van der Waals surface area contributed by atoms with Crippen LogP contribution < -0.4 is 0 Å². The van der Waals surface area contributed by atoms with Crippen molar-refractivity contribution in [2.75, 3.05) is 19.6 Å². The minimum absolute atomic E-state index is 0.112. The van der Waals surface area contributed by atoms with E-state index in [1.807, 2.05) is 13.8 Å². The SMILES string of the molecule is CCCN1C(=O)N(C2CCN(S(=O)(=O)C3CC3)CC2)C(=O)C1CC. The van der Waals surface area contributed by atoms with Crippen LogP contribution >= 0.6 is 0 Å². The van der Waals surface area contributed by atoms with Crippen molar-refractivity contribution in [3.63, 3.8) is 0 Å². The summed E-state index contributed by atoms with van der Waals surface area (Å²) >= 11 is 0. The van der Waals surface area contributed by atoms with E-state index in [2.05, 4.69) is 0 Å². The lowest BCUT2D eigenvalue weighted by Gasteiger charge is -2.35. The molecule has 2 aliphatic heterocycles. The van der Waals surface area contributed by atoms with Crippen LogP contribution in [0.25, 0.3) is 0 Å². The zero-order valence-electron chi connectivity index (χ0n) is 14.5. The molecule has 0 N–H and O–H groups in total. The van der Waals surface area contributed by atoms with Crippen molar-refractivity contribution in [3.8, 4) is 0 Å². The Balaban J connectivity index is 1.67. The number of piperidine rings is 1. The van der Waals surface area contributed by atoms with Crippen LogP contribution in [0.5, 0.6) is 0 Å². The number of hydrogen-bond donors (Lipinski definition) is 0. The topological polar surface area (TPSA) is 78.0 Å². The monoisotopic (exact) mass is 357 g/mol. The van der Waals surface area contributed by atoms with Gasteiger partial charge < -0.3 is 4.90 Å². The average molecular weight is 357 g/mol. The number of carbonyl (C=O) groups excluding carboxylic acids is 2. The molecule has 3 rings (SSSR count). The molecule has 3 aliphatic rings. The van der Waals surface area contributed by atoms with Gasteiger partial charge in [-0.25, -0.2) is 17.5 Å². The van der Waals surface area contributed by atoms with Crippen LogP contribution in [0.15, 0.2) is 0 Å². The zero-order valence-corrected chi connectivity index (χ0v) is 15.3. The summed E-state index contributed by atoms with van der Waals surface area (Å²) in [6.45, 7) is 5.33. The van der Waals surface area contributed by atoms with Crippen molar-refractivity contribution in [2.24, 2.45) is 0 Å². The Morgan fingerprint density at radius 1 is 1.04 bits per heavy atom. The first-order valence-electron chi connectivity index (χ1n) is 9.04. The molecule has 8 heteroatoms. The summed E-state index contributed by atoms with van der Waals surface area (Å²) in [6, 6.07) is -0.727. The van der Waals surface area contributed by atoms with Gasteiger partial charge in [-0.1, -0.05) is 13.8 Å². The largest absolute Gasteiger partial charge is 0.327 e. The van der Waals surface area contributed by atoms with Crippen LogP contribution in [0.1, 0.15) is 52.4 Å². The molecule has 1 saturated carbocycles. The van der Waals surface area contributed by atoms with E-state index >= 15 is 0 Å². The minimum Gasteiger partial charge on any atom is -0.312 e. The summed E-state index contributed by atoms with van der Waals surface area (Å²) in [6.07, 6.45) is 4.04. The predicted octanol–water partition coefficient (Wildman–Crippen LogP) is 1.40. The summed E-state index contributed by atoms with van der Waals surface area (Å²) in [7, 11) is -3.16. The molecule has 24 heavy (non-hydrogen) atoms. The lowest BCUT2D eigenvalue weighted by atomic mass is 10.0. The van der Waals surface area contributed by atoms with Crippen molar-refractivity contribution >= 4 is 22.0 Å². The smallest absolute Gasteiger partial charge is 0.312 e. The third-order valence-electron chi connectivity index (χ3n) is 5.30. The number of carbonyl (C=O) groups is 2. The highest BCUT2D eigenvalue weighted by atomic mass is 32.2. The number of sulfonamides is 1. The van der Waals surface area contributed by atoms with Gasteiger partial charge in [-0.05, 0) is 38.5 Å². The Labute approximate surface area is 144 Å². The fourth-order valence-corrected chi connectivity index (χ4v) is 5.69. The van der Waals surface area contributed by atoms with Gasteiger partial charge >= 0.3 is 6.03 Å². The molecule has 2 heterocycles. The number of imide groups is 1. The van der Waals surface area contributed by atoms with Crippen molar-refractivity contribution in [1.29, 1.82) is 0 Å². The van der Waals surface area contributed by atoms with E-state index in [0.29, 0.717) is 38.9 Å². The van der Waals surface area contributed by atoms with Crippen LogP contribution in [-0.4, -0.2) is 71.4 Å². The number of amides is 3. The Morgan fingerprint density at radius 3 is 2.17 bits per heavy atom. The molecule has 0 bridgehead atoms. The van der Waals surface area contributed by atoms with E-state index in [4.69, 9.17) is 0 Å². The van der Waals surface area contributed by atoms with Gasteiger partial charge in [0.15, 0.2) is 0 Å². The number of hydrogen-bond acceptors (Lipinski definition) is 4. The normalized spacial score (nSPS) is 27.3. The van der Waals surface area contributed by atoms with Gasteiger partial charge in [0.05, 0.1) is 5.25 Å². The van der Waals surface area contributed by atoms with E-state index < -0.39 is 10.0 Å². The second-order valence-corrected chi connectivity index (χ2v) is 9.20. The fraction of sp³-hybridized carbons (Fsp3) is 0.875. The Morgan fingerprint density at radius 2 is 1.67 bits per heavy atom. The van der Waals surface area contributed by atoms with Crippen molar-refractivity contribution in [1.82, 2.24) is 14.1 Å². The predicted molar refractivity (Wildman–Crippen MR) is 89.9 cm³/mol. The van der Waals surface area contributed by atoms with Crippen molar-refractivity contribution in [3.05, 3.63) is 0 Å². The molecule has 1 unspecified atom stereocenters. The van der Waals surface area contributed by atoms with Crippen LogP contribution in [-0.2, 0) is 14.8 Å². The second kappa shape index (κ2) is 6.63. The van der Waals surface area contributed by atoms with Gasteiger partial charge in [-0.3, -0.25) is 9.69 Å². The maximum atomic E-state index is 12.7. The molecule has 3 fully saturated rings. The number of nitrogens with zero attached hydrogens (tertiary/aromatic N) is 3. The summed E-state index contributed by atoms with van der Waals surface area (Å²) < 4.78 is 26.2. The lowest BCUT2D eigenvalue weighted by molar-refractivity contribution is -0.130. The van der Waals surface area contributed by atoms with Gasteiger partial charge in [0.2, 0.25) is 10.0 Å². The van der Waals surface area contributed by atoms with Crippen molar-refractivity contribution < 1.29 is 18.0 Å². The number of urea groups is 1. The molecular formula is C16H27N3O4S. The molecule has 2 saturated heterocycles. The highest BCUT2D eigenvalue weighted by Gasteiger charge is 2.48. The highest BCUT2D eigenvalue weighted by Crippen LogP contribution is 2.34. The van der Waals surface area contributed by atoms with E-state index in [9.17, 15) is 18.0 Å². The molecule has 0 radical (unpaired) electrons. The average Bonchev–Trinajstić information content (AvgIpc) is 3.38. The first-order valence-corrected chi connectivity index (χ1v) is 10.5. The van der Waals surface area contributed by atoms with Gasteiger partial charge in [-0.2, -0.15) is 0 Å². The van der Waals surface area contributed by atoms with Crippen LogP contribution in [0.2, 0.25) is 0 Å². The maximum Gasteiger partial charge on any atom is 0.327 e. The van der Waals surface area contributed by atoms with E-state index in [1.165, 1.54) is 4.90 Å². The standard InChI is InChI=1S/C16H27N3O4S/c1-3-9-18-14(4-2)15(20)19(16(18)21)12-7-10-17(11-8-12)24(22,23)13-5-6-13/h12-14H,3-11H2,1-2H3. The van der Waals surface area contributed by atoms with Crippen LogP contribution in [0, 0.1) is 0 Å². The molecule has 1 aliphatic carbocycles. The lowest BCUT2D eigenvalue weighted by Crippen LogP contribution is -2.49. The van der Waals surface area contributed by atoms with Gasteiger partial charge in [-0.15, -0.1) is 0 Å². The molecule has 0 aromatic heterocycles. The Hall–Kier alpha value is -1.15. The summed E-state index contributed by atoms with van der Waals surface area (Å²) in [4.78, 5) is 28.4. The number of rotatable bonds is 6. The summed E-state index contributed by atoms with van der Waals surface area (Å²) in [5, 5.41) is -0.200. The van der Waals surface area contributed by atoms with Crippen LogP contribution in [0.3, 0.4) is 0 Å². The molecule has 1 atom stereocenters. The summed E-state index contributed by atoms with van der Waals surface area (Å²) in [5.41, 5.74) is 0. The maximum absolute atomic E-state index is 12.7. The molecule has 0 aromatic carbocycles. The molecule has 3 amide bonds.